The van der Waals surface area contributed by atoms with Crippen LogP contribution >= 0.6 is 0 Å². The first-order valence-electron chi connectivity index (χ1n) is 18.5. The lowest BCUT2D eigenvalue weighted by Gasteiger charge is -2.14. The smallest absolute Gasteiger partial charge is 0.164 e. The third-order valence-corrected chi connectivity index (χ3v) is 10.2. The Balaban J connectivity index is 1.19. The van der Waals surface area contributed by atoms with E-state index in [1.54, 1.807) is 0 Å². The van der Waals surface area contributed by atoms with E-state index in [2.05, 4.69) is 150 Å². The summed E-state index contributed by atoms with van der Waals surface area (Å²) in [5.41, 5.74) is 13.2. The number of benzene rings is 8. The highest BCUT2D eigenvalue weighted by Crippen LogP contribution is 2.42. The Morgan fingerprint density at radius 2 is 0.745 bits per heavy atom. The van der Waals surface area contributed by atoms with Crippen molar-refractivity contribution in [2.24, 2.45) is 0 Å². The van der Waals surface area contributed by atoms with Crippen molar-refractivity contribution < 1.29 is 0 Å². The van der Waals surface area contributed by atoms with E-state index in [0.29, 0.717) is 17.5 Å². The molecule has 55 heavy (non-hydrogen) atoms. The van der Waals surface area contributed by atoms with Crippen molar-refractivity contribution in [3.63, 3.8) is 0 Å². The normalized spacial score (nSPS) is 11.3. The molecule has 0 aliphatic carbocycles. The van der Waals surface area contributed by atoms with E-state index in [9.17, 15) is 0 Å². The van der Waals surface area contributed by atoms with Crippen molar-refractivity contribution in [1.82, 2.24) is 19.5 Å². The van der Waals surface area contributed by atoms with Gasteiger partial charge >= 0.3 is 0 Å². The zero-order valence-electron chi connectivity index (χ0n) is 29.9. The van der Waals surface area contributed by atoms with Crippen LogP contribution in [0, 0.1) is 0 Å². The molecule has 0 N–H and O–H groups in total. The number of hydrogen-bond donors (Lipinski definition) is 0. The third-order valence-electron chi connectivity index (χ3n) is 10.2. The second-order valence-electron chi connectivity index (χ2n) is 13.7. The van der Waals surface area contributed by atoms with Gasteiger partial charge in [-0.1, -0.05) is 176 Å². The van der Waals surface area contributed by atoms with Crippen molar-refractivity contribution in [2.75, 3.05) is 0 Å². The number of hydrogen-bond acceptors (Lipinski definition) is 3. The molecule has 2 heterocycles. The van der Waals surface area contributed by atoms with Crippen molar-refractivity contribution >= 4 is 21.8 Å². The third kappa shape index (κ3) is 6.06. The molecule has 0 bridgehead atoms. The standard InChI is InChI=1S/C51H34N4/c1-5-16-35(17-6-1)37-28-30-38(31-29-37)45-33-42(36-18-7-2-8-19-36)34-47-48(45)44-26-13-14-27-46(44)55(47)43-25-15-24-41(32-43)51-53-49(39-20-9-3-10-21-39)52-50(54-51)40-22-11-4-12-23-40/h1-34H. The minimum Gasteiger partial charge on any atom is -0.309 e. The molecule has 0 radical (unpaired) electrons. The van der Waals surface area contributed by atoms with Crippen LogP contribution in [-0.2, 0) is 0 Å². The number of rotatable bonds is 7. The topological polar surface area (TPSA) is 43.6 Å². The maximum absolute atomic E-state index is 5.05. The Bertz CT molecular complexity index is 2880. The molecule has 0 fully saturated rings. The molecule has 8 aromatic carbocycles. The minimum atomic E-state index is 0.625. The van der Waals surface area contributed by atoms with Crippen molar-refractivity contribution in [2.45, 2.75) is 0 Å². The lowest BCUT2D eigenvalue weighted by Crippen LogP contribution is -2.01. The van der Waals surface area contributed by atoms with Crippen molar-refractivity contribution in [1.29, 1.82) is 0 Å². The molecular weight excluding hydrogens is 669 g/mol. The molecule has 0 unspecified atom stereocenters. The van der Waals surface area contributed by atoms with Gasteiger partial charge in [0.05, 0.1) is 11.0 Å². The van der Waals surface area contributed by atoms with Gasteiger partial charge in [0.1, 0.15) is 0 Å². The fourth-order valence-electron chi connectivity index (χ4n) is 7.59. The molecule has 4 nitrogen and oxygen atoms in total. The SMILES string of the molecule is c1ccc(-c2ccc(-c3cc(-c4ccccc4)cc4c3c3ccccc3n4-c3cccc(-c4nc(-c5ccccc5)nc(-c5ccccc5)n4)c3)cc2)cc1. The van der Waals surface area contributed by atoms with Crippen LogP contribution < -0.4 is 0 Å². The van der Waals surface area contributed by atoms with E-state index in [0.717, 1.165) is 39.0 Å². The molecule has 0 amide bonds. The second-order valence-corrected chi connectivity index (χ2v) is 13.7. The van der Waals surface area contributed by atoms with Crippen LogP contribution in [0.25, 0.3) is 95.0 Å². The fraction of sp³-hybridized carbons (Fsp3) is 0. The highest BCUT2D eigenvalue weighted by atomic mass is 15.0. The van der Waals surface area contributed by atoms with E-state index < -0.39 is 0 Å². The first-order chi connectivity index (χ1) is 27.3. The van der Waals surface area contributed by atoms with E-state index in [1.807, 2.05) is 60.7 Å². The summed E-state index contributed by atoms with van der Waals surface area (Å²) in [6.45, 7) is 0. The van der Waals surface area contributed by atoms with E-state index in [4.69, 9.17) is 15.0 Å². The van der Waals surface area contributed by atoms with Gasteiger partial charge in [-0.05, 0) is 63.7 Å². The predicted octanol–water partition coefficient (Wildman–Crippen LogP) is 13.0. The maximum Gasteiger partial charge on any atom is 0.164 e. The molecule has 0 atom stereocenters. The number of nitrogens with zero attached hydrogens (tertiary/aromatic N) is 4. The Kier molecular flexibility index (Phi) is 8.12. The average Bonchev–Trinajstić information content (AvgIpc) is 3.61. The summed E-state index contributed by atoms with van der Waals surface area (Å²) in [6, 6.07) is 72.4. The summed E-state index contributed by atoms with van der Waals surface area (Å²) < 4.78 is 2.39. The Labute approximate surface area is 319 Å². The van der Waals surface area contributed by atoms with Crippen molar-refractivity contribution in [3.05, 3.63) is 206 Å². The quantitative estimate of drug-likeness (QED) is 0.166. The summed E-state index contributed by atoms with van der Waals surface area (Å²) in [7, 11) is 0. The van der Waals surface area contributed by atoms with Gasteiger partial charge in [-0.3, -0.25) is 0 Å². The highest BCUT2D eigenvalue weighted by Gasteiger charge is 2.20. The Hall–Kier alpha value is -7.43. The molecular formula is C51H34N4. The Morgan fingerprint density at radius 3 is 1.35 bits per heavy atom. The summed E-state index contributed by atoms with van der Waals surface area (Å²) in [5.74, 6) is 1.91. The zero-order valence-corrected chi connectivity index (χ0v) is 29.9. The van der Waals surface area contributed by atoms with E-state index in [1.165, 1.54) is 38.6 Å². The van der Waals surface area contributed by atoms with Gasteiger partial charge in [-0.15, -0.1) is 0 Å². The molecule has 2 aromatic heterocycles. The van der Waals surface area contributed by atoms with Gasteiger partial charge in [0.25, 0.3) is 0 Å². The lowest BCUT2D eigenvalue weighted by molar-refractivity contribution is 1.07. The zero-order chi connectivity index (χ0) is 36.6. The molecule has 0 saturated heterocycles. The van der Waals surface area contributed by atoms with Crippen LogP contribution in [0.2, 0.25) is 0 Å². The molecule has 10 rings (SSSR count). The molecule has 0 saturated carbocycles. The lowest BCUT2D eigenvalue weighted by atomic mass is 9.93. The average molecular weight is 703 g/mol. The summed E-state index contributed by atoms with van der Waals surface area (Å²) in [5, 5.41) is 2.41. The summed E-state index contributed by atoms with van der Waals surface area (Å²) >= 11 is 0. The molecule has 0 aliphatic rings. The van der Waals surface area contributed by atoms with Crippen LogP contribution in [0.5, 0.6) is 0 Å². The molecule has 4 heteroatoms. The maximum atomic E-state index is 5.05. The summed E-state index contributed by atoms with van der Waals surface area (Å²) in [6.07, 6.45) is 0. The minimum absolute atomic E-state index is 0.625. The van der Waals surface area contributed by atoms with Gasteiger partial charge in [0.2, 0.25) is 0 Å². The molecule has 0 spiro atoms. The van der Waals surface area contributed by atoms with Crippen LogP contribution in [0.3, 0.4) is 0 Å². The van der Waals surface area contributed by atoms with Gasteiger partial charge in [0, 0.05) is 33.2 Å². The van der Waals surface area contributed by atoms with E-state index >= 15 is 0 Å². The predicted molar refractivity (Wildman–Crippen MR) is 227 cm³/mol. The first-order valence-corrected chi connectivity index (χ1v) is 18.5. The van der Waals surface area contributed by atoms with Gasteiger partial charge in [-0.25, -0.2) is 15.0 Å². The van der Waals surface area contributed by atoms with Gasteiger partial charge in [0.15, 0.2) is 17.5 Å². The monoisotopic (exact) mass is 702 g/mol. The van der Waals surface area contributed by atoms with Crippen LogP contribution in [-0.4, -0.2) is 19.5 Å². The highest BCUT2D eigenvalue weighted by molar-refractivity contribution is 6.17. The number of aromatic nitrogens is 4. The molecule has 0 aliphatic heterocycles. The van der Waals surface area contributed by atoms with Gasteiger partial charge in [-0.2, -0.15) is 0 Å². The number of fused-ring (bicyclic) bond motifs is 3. The largest absolute Gasteiger partial charge is 0.309 e. The van der Waals surface area contributed by atoms with Crippen molar-refractivity contribution in [3.8, 4) is 73.2 Å². The van der Waals surface area contributed by atoms with Gasteiger partial charge < -0.3 is 4.57 Å². The second kappa shape index (κ2) is 13.8. The van der Waals surface area contributed by atoms with Crippen LogP contribution in [0.4, 0.5) is 0 Å². The van der Waals surface area contributed by atoms with Crippen LogP contribution in [0.15, 0.2) is 206 Å². The van der Waals surface area contributed by atoms with E-state index in [-0.39, 0.29) is 0 Å². The fourth-order valence-corrected chi connectivity index (χ4v) is 7.59. The number of para-hydroxylation sites is 1. The first kappa shape index (κ1) is 32.2. The van der Waals surface area contributed by atoms with Crippen LogP contribution in [0.1, 0.15) is 0 Å². The molecule has 10 aromatic rings. The summed E-state index contributed by atoms with van der Waals surface area (Å²) in [4.78, 5) is 15.0. The molecule has 258 valence electrons. The Morgan fingerprint density at radius 1 is 0.291 bits per heavy atom.